The summed E-state index contributed by atoms with van der Waals surface area (Å²) in [5.74, 6) is -1.19. The van der Waals surface area contributed by atoms with E-state index in [1.807, 2.05) is 0 Å². The second-order valence-corrected chi connectivity index (χ2v) is 3.22. The fraction of sp³-hybridized carbons (Fsp3) is 0. The number of rotatable bonds is 1. The molecule has 0 aliphatic heterocycles. The summed E-state index contributed by atoms with van der Waals surface area (Å²) in [6, 6.07) is 2.83. The van der Waals surface area contributed by atoms with Gasteiger partial charge in [-0.15, -0.1) is 0 Å². The van der Waals surface area contributed by atoms with E-state index in [1.165, 1.54) is 12.1 Å². The first-order valence-corrected chi connectivity index (χ1v) is 4.04. The normalized spacial score (nSPS) is 9.15. The van der Waals surface area contributed by atoms with Gasteiger partial charge in [-0.25, -0.2) is 4.79 Å². The van der Waals surface area contributed by atoms with Gasteiger partial charge in [0.05, 0.1) is 20.6 Å². The monoisotopic (exact) mass is 248 g/mol. The summed E-state index contributed by atoms with van der Waals surface area (Å²) in [5, 5.41) is 8.87. The SMILES string of the molecule is O=C(O)c1c(Cl)ccc(Cl)c1Cl.[NaH]. The fourth-order valence-electron chi connectivity index (χ4n) is 0.723. The molecular formula is C7H4Cl3NaO2. The third-order valence-corrected chi connectivity index (χ3v) is 2.38. The van der Waals surface area contributed by atoms with Crippen molar-refractivity contribution < 1.29 is 9.90 Å². The number of hydrogen-bond donors (Lipinski definition) is 1. The van der Waals surface area contributed by atoms with Crippen molar-refractivity contribution in [1.29, 1.82) is 0 Å². The summed E-state index contributed by atoms with van der Waals surface area (Å²) in [4.78, 5) is 10.6. The average Bonchev–Trinajstić information content (AvgIpc) is 1.97. The minimum atomic E-state index is -1.19. The molecule has 0 fully saturated rings. The molecule has 0 bridgehead atoms. The Balaban J connectivity index is 0.00000144. The third kappa shape index (κ3) is 3.01. The Morgan fingerprint density at radius 3 is 2.00 bits per heavy atom. The maximum atomic E-state index is 10.6. The Morgan fingerprint density at radius 1 is 1.15 bits per heavy atom. The fourth-order valence-corrected chi connectivity index (χ4v) is 1.41. The molecule has 0 aromatic heterocycles. The van der Waals surface area contributed by atoms with E-state index in [0.717, 1.165) is 0 Å². The molecule has 13 heavy (non-hydrogen) atoms. The molecule has 1 rings (SSSR count). The van der Waals surface area contributed by atoms with Crippen LogP contribution < -0.4 is 0 Å². The number of carbonyl (C=O) groups is 1. The molecule has 0 spiro atoms. The van der Waals surface area contributed by atoms with Gasteiger partial charge in [0.1, 0.15) is 0 Å². The predicted octanol–water partition coefficient (Wildman–Crippen LogP) is 2.70. The summed E-state index contributed by atoms with van der Waals surface area (Å²) in [5.41, 5.74) is -0.161. The quantitative estimate of drug-likeness (QED) is 0.614. The number of hydrogen-bond acceptors (Lipinski definition) is 1. The van der Waals surface area contributed by atoms with Crippen LogP contribution in [0.1, 0.15) is 10.4 Å². The van der Waals surface area contributed by atoms with Gasteiger partial charge in [0.2, 0.25) is 0 Å². The van der Waals surface area contributed by atoms with Crippen LogP contribution in [-0.4, -0.2) is 40.6 Å². The molecule has 0 unspecified atom stereocenters. The standard InChI is InChI=1S/C7H3Cl3O2.Na.H/c8-3-1-2-4(9)6(10)5(3)7(11)12;;/h1-2H,(H,11,12);;. The van der Waals surface area contributed by atoms with Gasteiger partial charge in [-0.1, -0.05) is 34.8 Å². The third-order valence-electron chi connectivity index (χ3n) is 1.26. The number of aromatic carboxylic acids is 1. The molecule has 66 valence electrons. The van der Waals surface area contributed by atoms with Crippen molar-refractivity contribution in [2.75, 3.05) is 0 Å². The van der Waals surface area contributed by atoms with Crippen molar-refractivity contribution in [1.82, 2.24) is 0 Å². The van der Waals surface area contributed by atoms with Crippen LogP contribution in [0.25, 0.3) is 0 Å². The van der Waals surface area contributed by atoms with Gasteiger partial charge in [-0.2, -0.15) is 0 Å². The minimum absolute atomic E-state index is 0. The van der Waals surface area contributed by atoms with Gasteiger partial charge in [-0.3, -0.25) is 0 Å². The van der Waals surface area contributed by atoms with Crippen molar-refractivity contribution in [3.05, 3.63) is 32.8 Å². The summed E-state index contributed by atoms with van der Waals surface area (Å²) in [6.07, 6.45) is 0. The molecule has 0 aliphatic carbocycles. The topological polar surface area (TPSA) is 37.3 Å². The summed E-state index contributed by atoms with van der Waals surface area (Å²) in [6.45, 7) is 0. The Kier molecular flexibility index (Phi) is 5.68. The van der Waals surface area contributed by atoms with Crippen molar-refractivity contribution in [3.63, 3.8) is 0 Å². The van der Waals surface area contributed by atoms with Crippen molar-refractivity contribution in [3.8, 4) is 0 Å². The molecule has 0 saturated heterocycles. The molecule has 6 heteroatoms. The van der Waals surface area contributed by atoms with Crippen molar-refractivity contribution >= 4 is 70.3 Å². The molecule has 0 radical (unpaired) electrons. The summed E-state index contributed by atoms with van der Waals surface area (Å²) < 4.78 is 0. The molecule has 0 atom stereocenters. The number of carboxylic acids is 1. The van der Waals surface area contributed by atoms with Gasteiger partial charge in [-0.05, 0) is 12.1 Å². The van der Waals surface area contributed by atoms with E-state index in [-0.39, 0.29) is 50.2 Å². The van der Waals surface area contributed by atoms with E-state index in [9.17, 15) is 4.79 Å². The van der Waals surface area contributed by atoms with Gasteiger partial charge in [0.15, 0.2) is 0 Å². The first-order valence-electron chi connectivity index (χ1n) is 2.91. The van der Waals surface area contributed by atoms with Crippen LogP contribution in [0.3, 0.4) is 0 Å². The van der Waals surface area contributed by atoms with Crippen LogP contribution in [0.2, 0.25) is 15.1 Å². The van der Waals surface area contributed by atoms with Crippen molar-refractivity contribution in [2.45, 2.75) is 0 Å². The predicted molar refractivity (Wildman–Crippen MR) is 55.6 cm³/mol. The zero-order valence-corrected chi connectivity index (χ0v) is 7.91. The molecule has 0 heterocycles. The average molecular weight is 249 g/mol. The molecule has 1 aromatic rings. The molecule has 0 aliphatic rings. The van der Waals surface area contributed by atoms with E-state index in [2.05, 4.69) is 0 Å². The Hall–Kier alpha value is 0.560. The van der Waals surface area contributed by atoms with Crippen LogP contribution in [-0.2, 0) is 0 Å². The summed E-state index contributed by atoms with van der Waals surface area (Å²) in [7, 11) is 0. The zero-order valence-electron chi connectivity index (χ0n) is 5.64. The first-order chi connectivity index (χ1) is 5.54. The molecule has 1 aromatic carbocycles. The molecule has 2 nitrogen and oxygen atoms in total. The van der Waals surface area contributed by atoms with Crippen LogP contribution >= 0.6 is 34.8 Å². The van der Waals surface area contributed by atoms with Crippen molar-refractivity contribution in [2.24, 2.45) is 0 Å². The van der Waals surface area contributed by atoms with Gasteiger partial charge >= 0.3 is 35.5 Å². The van der Waals surface area contributed by atoms with Gasteiger partial charge in [0, 0.05) is 0 Å². The Morgan fingerprint density at radius 2 is 1.62 bits per heavy atom. The summed E-state index contributed by atoms with van der Waals surface area (Å²) >= 11 is 16.7. The Labute approximate surface area is 112 Å². The molecule has 1 N–H and O–H groups in total. The number of benzene rings is 1. The molecular weight excluding hydrogens is 245 g/mol. The van der Waals surface area contributed by atoms with Crippen LogP contribution in [0, 0.1) is 0 Å². The first kappa shape index (κ1) is 13.6. The molecule has 0 saturated carbocycles. The molecule has 0 amide bonds. The van der Waals surface area contributed by atoms with Crippen LogP contribution in [0.5, 0.6) is 0 Å². The van der Waals surface area contributed by atoms with E-state index in [0.29, 0.717) is 0 Å². The van der Waals surface area contributed by atoms with Crippen LogP contribution in [0.15, 0.2) is 12.1 Å². The second kappa shape index (κ2) is 5.44. The number of carboxylic acid groups (broad SMARTS) is 1. The van der Waals surface area contributed by atoms with E-state index in [1.54, 1.807) is 0 Å². The van der Waals surface area contributed by atoms with Gasteiger partial charge < -0.3 is 5.11 Å². The van der Waals surface area contributed by atoms with Crippen LogP contribution in [0.4, 0.5) is 0 Å². The van der Waals surface area contributed by atoms with E-state index in [4.69, 9.17) is 39.9 Å². The van der Waals surface area contributed by atoms with E-state index < -0.39 is 5.97 Å². The second-order valence-electron chi connectivity index (χ2n) is 2.02. The Bertz CT molecular complexity index is 341. The van der Waals surface area contributed by atoms with Gasteiger partial charge in [0.25, 0.3) is 0 Å². The maximum absolute atomic E-state index is 10.6. The van der Waals surface area contributed by atoms with E-state index >= 15 is 0 Å². The zero-order chi connectivity index (χ0) is 9.30. The number of halogens is 3.